The van der Waals surface area contributed by atoms with Crippen LogP contribution in [0.25, 0.3) is 0 Å². The van der Waals surface area contributed by atoms with Crippen molar-refractivity contribution in [1.29, 1.82) is 0 Å². The highest BCUT2D eigenvalue weighted by Gasteiger charge is 2.16. The van der Waals surface area contributed by atoms with Crippen molar-refractivity contribution in [1.82, 2.24) is 9.88 Å². The Kier molecular flexibility index (Phi) is 3.66. The van der Waals surface area contributed by atoms with Crippen LogP contribution in [0.5, 0.6) is 0 Å². The van der Waals surface area contributed by atoms with Crippen LogP contribution in [0.1, 0.15) is 10.4 Å². The minimum atomic E-state index is -0.195. The lowest BCUT2D eigenvalue weighted by molar-refractivity contribution is 0.0564. The topological polar surface area (TPSA) is 71.5 Å². The highest BCUT2D eigenvalue weighted by atomic mass is 16.5. The van der Waals surface area contributed by atoms with Crippen molar-refractivity contribution in [3.05, 3.63) is 23.9 Å². The third-order valence-corrected chi connectivity index (χ3v) is 2.46. The average molecular weight is 235 g/mol. The molecule has 2 amide bonds. The molecule has 0 unspecified atom stereocenters. The van der Waals surface area contributed by atoms with E-state index in [0.717, 1.165) is 0 Å². The highest BCUT2D eigenvalue weighted by molar-refractivity contribution is 5.88. The first-order valence-corrected chi connectivity index (χ1v) is 5.34. The van der Waals surface area contributed by atoms with E-state index < -0.39 is 0 Å². The van der Waals surface area contributed by atoms with Crippen LogP contribution in [0.15, 0.2) is 18.3 Å². The predicted octanol–water partition coefficient (Wildman–Crippen LogP) is 0.758. The van der Waals surface area contributed by atoms with Gasteiger partial charge in [0.2, 0.25) is 0 Å². The first-order chi connectivity index (χ1) is 8.29. The Bertz CT molecular complexity index is 399. The van der Waals surface area contributed by atoms with Crippen LogP contribution in [-0.2, 0) is 4.74 Å². The van der Waals surface area contributed by atoms with Crippen molar-refractivity contribution in [2.75, 3.05) is 31.6 Å². The van der Waals surface area contributed by atoms with Gasteiger partial charge in [0.1, 0.15) is 5.82 Å². The molecule has 1 aliphatic rings. The molecular weight excluding hydrogens is 222 g/mol. The summed E-state index contributed by atoms with van der Waals surface area (Å²) in [6, 6.07) is 3.01. The summed E-state index contributed by atoms with van der Waals surface area (Å²) in [5.74, 6) is 0.437. The van der Waals surface area contributed by atoms with Gasteiger partial charge in [-0.15, -0.1) is 0 Å². The molecule has 1 aromatic rings. The molecule has 2 heterocycles. The molecule has 6 nitrogen and oxygen atoms in total. The van der Waals surface area contributed by atoms with Crippen molar-refractivity contribution in [3.8, 4) is 0 Å². The van der Waals surface area contributed by atoms with Gasteiger partial charge < -0.3 is 9.64 Å². The smallest absolute Gasteiger partial charge is 0.323 e. The van der Waals surface area contributed by atoms with E-state index in [2.05, 4.69) is 10.3 Å². The molecule has 1 aromatic heterocycles. The molecule has 0 aliphatic carbocycles. The standard InChI is InChI=1S/C11H13N3O3/c15-8-9-1-2-10(12-7-9)13-11(16)14-3-5-17-6-4-14/h1-2,7-8H,3-6H2,(H,12,13,16). The monoisotopic (exact) mass is 235 g/mol. The third kappa shape index (κ3) is 3.01. The Hall–Kier alpha value is -1.95. The number of amides is 2. The van der Waals surface area contributed by atoms with Gasteiger partial charge in [0.05, 0.1) is 13.2 Å². The fourth-order valence-electron chi connectivity index (χ4n) is 1.50. The molecule has 2 rings (SSSR count). The van der Waals surface area contributed by atoms with Crippen LogP contribution in [0, 0.1) is 0 Å². The summed E-state index contributed by atoms with van der Waals surface area (Å²) in [5.41, 5.74) is 0.481. The number of hydrogen-bond acceptors (Lipinski definition) is 4. The minimum absolute atomic E-state index is 0.195. The number of pyridine rings is 1. The summed E-state index contributed by atoms with van der Waals surface area (Å²) >= 11 is 0. The molecule has 17 heavy (non-hydrogen) atoms. The van der Waals surface area contributed by atoms with E-state index in [-0.39, 0.29) is 6.03 Å². The van der Waals surface area contributed by atoms with E-state index in [0.29, 0.717) is 44.0 Å². The largest absolute Gasteiger partial charge is 0.378 e. The van der Waals surface area contributed by atoms with E-state index in [1.54, 1.807) is 17.0 Å². The van der Waals surface area contributed by atoms with Crippen LogP contribution < -0.4 is 5.32 Å². The summed E-state index contributed by atoms with van der Waals surface area (Å²) in [5, 5.41) is 2.67. The Morgan fingerprint density at radius 1 is 1.41 bits per heavy atom. The second-order valence-corrected chi connectivity index (χ2v) is 3.62. The number of hydrogen-bond donors (Lipinski definition) is 1. The van der Waals surface area contributed by atoms with E-state index in [1.165, 1.54) is 6.20 Å². The molecule has 1 fully saturated rings. The Morgan fingerprint density at radius 3 is 2.76 bits per heavy atom. The Balaban J connectivity index is 1.94. The number of morpholine rings is 1. The number of aromatic nitrogens is 1. The van der Waals surface area contributed by atoms with Gasteiger partial charge in [-0.3, -0.25) is 10.1 Å². The first kappa shape index (κ1) is 11.5. The zero-order chi connectivity index (χ0) is 12.1. The summed E-state index contributed by atoms with van der Waals surface area (Å²) in [6.07, 6.45) is 2.13. The van der Waals surface area contributed by atoms with Gasteiger partial charge in [-0.05, 0) is 12.1 Å². The number of urea groups is 1. The molecule has 90 valence electrons. The lowest BCUT2D eigenvalue weighted by atomic mass is 10.3. The van der Waals surface area contributed by atoms with Gasteiger partial charge in [-0.2, -0.15) is 0 Å². The molecule has 1 saturated heterocycles. The van der Waals surface area contributed by atoms with Gasteiger partial charge in [0.25, 0.3) is 0 Å². The lowest BCUT2D eigenvalue weighted by Gasteiger charge is -2.26. The van der Waals surface area contributed by atoms with Crippen LogP contribution in [0.3, 0.4) is 0 Å². The summed E-state index contributed by atoms with van der Waals surface area (Å²) in [6.45, 7) is 2.28. The van der Waals surface area contributed by atoms with Crippen LogP contribution in [0.4, 0.5) is 10.6 Å². The van der Waals surface area contributed by atoms with Gasteiger partial charge in [-0.25, -0.2) is 9.78 Å². The maximum absolute atomic E-state index is 11.8. The van der Waals surface area contributed by atoms with Gasteiger partial charge in [0, 0.05) is 24.8 Å². The number of carbonyl (C=O) groups excluding carboxylic acids is 2. The highest BCUT2D eigenvalue weighted by Crippen LogP contribution is 2.06. The van der Waals surface area contributed by atoms with E-state index in [1.807, 2.05) is 0 Å². The normalized spacial score (nSPS) is 15.4. The van der Waals surface area contributed by atoms with Gasteiger partial charge in [0.15, 0.2) is 6.29 Å². The summed E-state index contributed by atoms with van der Waals surface area (Å²) in [4.78, 5) is 27.8. The molecular formula is C11H13N3O3. The summed E-state index contributed by atoms with van der Waals surface area (Å²) < 4.78 is 5.15. The predicted molar refractivity (Wildman–Crippen MR) is 61.0 cm³/mol. The summed E-state index contributed by atoms with van der Waals surface area (Å²) in [7, 11) is 0. The number of nitrogens with zero attached hydrogens (tertiary/aromatic N) is 2. The lowest BCUT2D eigenvalue weighted by Crippen LogP contribution is -2.43. The Labute approximate surface area is 98.6 Å². The molecule has 0 spiro atoms. The maximum Gasteiger partial charge on any atom is 0.323 e. The fraction of sp³-hybridized carbons (Fsp3) is 0.364. The number of ether oxygens (including phenoxy) is 1. The second kappa shape index (κ2) is 5.40. The fourth-order valence-corrected chi connectivity index (χ4v) is 1.50. The van der Waals surface area contributed by atoms with E-state index in [4.69, 9.17) is 4.74 Å². The van der Waals surface area contributed by atoms with Gasteiger partial charge in [-0.1, -0.05) is 0 Å². The number of carbonyl (C=O) groups is 2. The first-order valence-electron chi connectivity index (χ1n) is 5.34. The molecule has 1 aliphatic heterocycles. The molecule has 6 heteroatoms. The SMILES string of the molecule is O=Cc1ccc(NC(=O)N2CCOCC2)nc1. The molecule has 0 radical (unpaired) electrons. The second-order valence-electron chi connectivity index (χ2n) is 3.62. The van der Waals surface area contributed by atoms with Crippen LogP contribution >= 0.6 is 0 Å². The number of aldehydes is 1. The zero-order valence-electron chi connectivity index (χ0n) is 9.26. The van der Waals surface area contributed by atoms with Crippen molar-refractivity contribution < 1.29 is 14.3 Å². The molecule has 0 saturated carbocycles. The zero-order valence-corrected chi connectivity index (χ0v) is 9.26. The minimum Gasteiger partial charge on any atom is -0.378 e. The van der Waals surface area contributed by atoms with Crippen molar-refractivity contribution in [3.63, 3.8) is 0 Å². The van der Waals surface area contributed by atoms with Crippen molar-refractivity contribution in [2.24, 2.45) is 0 Å². The van der Waals surface area contributed by atoms with Crippen LogP contribution in [0.2, 0.25) is 0 Å². The third-order valence-electron chi connectivity index (χ3n) is 2.46. The van der Waals surface area contributed by atoms with Crippen LogP contribution in [-0.4, -0.2) is 48.5 Å². The number of anilines is 1. The van der Waals surface area contributed by atoms with Crippen molar-refractivity contribution >= 4 is 18.1 Å². The molecule has 1 N–H and O–H groups in total. The molecule has 0 aromatic carbocycles. The quantitative estimate of drug-likeness (QED) is 0.768. The maximum atomic E-state index is 11.8. The Morgan fingerprint density at radius 2 is 2.18 bits per heavy atom. The van der Waals surface area contributed by atoms with Crippen molar-refractivity contribution in [2.45, 2.75) is 0 Å². The molecule has 0 bridgehead atoms. The number of nitrogens with one attached hydrogen (secondary N) is 1. The molecule has 0 atom stereocenters. The van der Waals surface area contributed by atoms with E-state index >= 15 is 0 Å². The average Bonchev–Trinajstić information content (AvgIpc) is 2.40. The van der Waals surface area contributed by atoms with Gasteiger partial charge >= 0.3 is 6.03 Å². The van der Waals surface area contributed by atoms with E-state index in [9.17, 15) is 9.59 Å². The number of rotatable bonds is 2.